The SMILES string of the molecule is COc1cccc(-c2c(N)noc2-c2ccc(Cl)s2)c1. The van der Waals surface area contributed by atoms with Crippen LogP contribution in [-0.4, -0.2) is 12.3 Å². The fraction of sp³-hybridized carbons (Fsp3) is 0.0714. The Hall–Kier alpha value is -1.98. The Kier molecular flexibility index (Phi) is 3.38. The van der Waals surface area contributed by atoms with Crippen LogP contribution in [0.4, 0.5) is 5.82 Å². The highest BCUT2D eigenvalue weighted by Crippen LogP contribution is 2.41. The molecule has 2 heterocycles. The molecule has 2 N–H and O–H groups in total. The van der Waals surface area contributed by atoms with E-state index in [-0.39, 0.29) is 0 Å². The Labute approximate surface area is 124 Å². The molecule has 0 saturated carbocycles. The van der Waals surface area contributed by atoms with E-state index < -0.39 is 0 Å². The molecular weight excluding hydrogens is 296 g/mol. The Balaban J connectivity index is 2.15. The summed E-state index contributed by atoms with van der Waals surface area (Å²) in [6.07, 6.45) is 0. The van der Waals surface area contributed by atoms with Crippen molar-refractivity contribution < 1.29 is 9.26 Å². The van der Waals surface area contributed by atoms with Crippen LogP contribution in [-0.2, 0) is 0 Å². The molecule has 0 aliphatic rings. The molecule has 0 aliphatic heterocycles. The first-order valence-corrected chi connectivity index (χ1v) is 7.04. The van der Waals surface area contributed by atoms with Crippen LogP contribution >= 0.6 is 22.9 Å². The number of nitrogens with zero attached hydrogens (tertiary/aromatic N) is 1. The zero-order valence-corrected chi connectivity index (χ0v) is 12.2. The van der Waals surface area contributed by atoms with Gasteiger partial charge < -0.3 is 15.0 Å². The number of benzene rings is 1. The highest BCUT2D eigenvalue weighted by atomic mass is 35.5. The van der Waals surface area contributed by atoms with Crippen LogP contribution in [0.1, 0.15) is 0 Å². The number of halogens is 1. The molecule has 3 aromatic rings. The summed E-state index contributed by atoms with van der Waals surface area (Å²) in [6.45, 7) is 0. The lowest BCUT2D eigenvalue weighted by Gasteiger charge is -2.04. The van der Waals surface area contributed by atoms with Crippen molar-refractivity contribution in [1.29, 1.82) is 0 Å². The average Bonchev–Trinajstić information content (AvgIpc) is 3.05. The summed E-state index contributed by atoms with van der Waals surface area (Å²) in [5, 5.41) is 3.86. The number of ether oxygens (including phenoxy) is 1. The van der Waals surface area contributed by atoms with Crippen molar-refractivity contribution in [2.24, 2.45) is 0 Å². The summed E-state index contributed by atoms with van der Waals surface area (Å²) in [5.74, 6) is 1.71. The molecule has 20 heavy (non-hydrogen) atoms. The first-order valence-electron chi connectivity index (χ1n) is 5.84. The molecule has 0 atom stereocenters. The minimum Gasteiger partial charge on any atom is -0.497 e. The molecule has 0 aliphatic carbocycles. The number of aromatic nitrogens is 1. The Morgan fingerprint density at radius 1 is 1.30 bits per heavy atom. The van der Waals surface area contributed by atoms with Crippen LogP contribution in [0, 0.1) is 0 Å². The first kappa shape index (κ1) is 13.0. The van der Waals surface area contributed by atoms with Crippen molar-refractivity contribution in [2.45, 2.75) is 0 Å². The van der Waals surface area contributed by atoms with Crippen LogP contribution in [0.5, 0.6) is 5.75 Å². The van der Waals surface area contributed by atoms with E-state index >= 15 is 0 Å². The van der Waals surface area contributed by atoms with Crippen molar-refractivity contribution >= 4 is 28.8 Å². The Morgan fingerprint density at radius 3 is 2.85 bits per heavy atom. The third-order valence-corrected chi connectivity index (χ3v) is 4.10. The molecule has 0 saturated heterocycles. The molecule has 4 nitrogen and oxygen atoms in total. The lowest BCUT2D eigenvalue weighted by Crippen LogP contribution is -1.89. The van der Waals surface area contributed by atoms with Gasteiger partial charge in [-0.15, -0.1) is 11.3 Å². The van der Waals surface area contributed by atoms with E-state index in [1.807, 2.05) is 36.4 Å². The number of nitrogens with two attached hydrogens (primary N) is 1. The molecule has 0 unspecified atom stereocenters. The van der Waals surface area contributed by atoms with E-state index in [0.717, 1.165) is 21.8 Å². The zero-order chi connectivity index (χ0) is 14.1. The van der Waals surface area contributed by atoms with E-state index in [4.69, 9.17) is 26.6 Å². The van der Waals surface area contributed by atoms with Gasteiger partial charge in [-0.3, -0.25) is 0 Å². The molecule has 3 rings (SSSR count). The normalized spacial score (nSPS) is 10.7. The maximum absolute atomic E-state index is 5.97. The fourth-order valence-corrected chi connectivity index (χ4v) is 2.99. The third-order valence-electron chi connectivity index (χ3n) is 2.87. The second-order valence-corrected chi connectivity index (χ2v) is 5.82. The van der Waals surface area contributed by atoms with E-state index in [1.165, 1.54) is 11.3 Å². The molecule has 1 aromatic carbocycles. The van der Waals surface area contributed by atoms with Gasteiger partial charge in [0.25, 0.3) is 0 Å². The summed E-state index contributed by atoms with van der Waals surface area (Å²) < 4.78 is 11.3. The lowest BCUT2D eigenvalue weighted by atomic mass is 10.0. The molecule has 0 amide bonds. The summed E-state index contributed by atoms with van der Waals surface area (Å²) in [5.41, 5.74) is 7.58. The molecule has 0 fully saturated rings. The highest BCUT2D eigenvalue weighted by molar-refractivity contribution is 7.19. The molecular formula is C14H11ClN2O2S. The van der Waals surface area contributed by atoms with E-state index in [0.29, 0.717) is 15.9 Å². The monoisotopic (exact) mass is 306 g/mol. The van der Waals surface area contributed by atoms with Gasteiger partial charge in [0.2, 0.25) is 0 Å². The molecule has 102 valence electrons. The second kappa shape index (κ2) is 5.19. The number of hydrogen-bond donors (Lipinski definition) is 1. The average molecular weight is 307 g/mol. The van der Waals surface area contributed by atoms with E-state index in [9.17, 15) is 0 Å². The van der Waals surface area contributed by atoms with Crippen molar-refractivity contribution in [1.82, 2.24) is 5.16 Å². The largest absolute Gasteiger partial charge is 0.497 e. The van der Waals surface area contributed by atoms with Crippen molar-refractivity contribution in [3.05, 3.63) is 40.7 Å². The first-order chi connectivity index (χ1) is 9.69. The number of methoxy groups -OCH3 is 1. The fourth-order valence-electron chi connectivity index (χ4n) is 1.96. The summed E-state index contributed by atoms with van der Waals surface area (Å²) >= 11 is 7.39. The highest BCUT2D eigenvalue weighted by Gasteiger charge is 2.19. The maximum Gasteiger partial charge on any atom is 0.186 e. The second-order valence-electron chi connectivity index (χ2n) is 4.11. The number of thiophene rings is 1. The Bertz CT molecular complexity index is 751. The smallest absolute Gasteiger partial charge is 0.186 e. The lowest BCUT2D eigenvalue weighted by molar-refractivity contribution is 0.415. The molecule has 6 heteroatoms. The predicted octanol–water partition coefficient (Wildman–Crippen LogP) is 4.31. The zero-order valence-electron chi connectivity index (χ0n) is 10.6. The van der Waals surface area contributed by atoms with Crippen molar-refractivity contribution in [3.63, 3.8) is 0 Å². The molecule has 2 aromatic heterocycles. The van der Waals surface area contributed by atoms with Gasteiger partial charge in [0, 0.05) is 0 Å². The minimum absolute atomic E-state index is 0.345. The summed E-state index contributed by atoms with van der Waals surface area (Å²) in [4.78, 5) is 0.886. The summed E-state index contributed by atoms with van der Waals surface area (Å²) in [6, 6.07) is 11.3. The van der Waals surface area contributed by atoms with Crippen LogP contribution < -0.4 is 10.5 Å². The molecule has 0 spiro atoms. The molecule has 0 bridgehead atoms. The summed E-state index contributed by atoms with van der Waals surface area (Å²) in [7, 11) is 1.62. The number of nitrogen functional groups attached to an aromatic ring is 1. The number of hydrogen-bond acceptors (Lipinski definition) is 5. The molecule has 0 radical (unpaired) electrons. The predicted molar refractivity (Wildman–Crippen MR) is 81.2 cm³/mol. The topological polar surface area (TPSA) is 61.3 Å². The van der Waals surface area contributed by atoms with Crippen LogP contribution in [0.25, 0.3) is 21.8 Å². The van der Waals surface area contributed by atoms with Gasteiger partial charge in [0.15, 0.2) is 11.6 Å². The quantitative estimate of drug-likeness (QED) is 0.783. The van der Waals surface area contributed by atoms with Gasteiger partial charge in [0.1, 0.15) is 5.75 Å². The van der Waals surface area contributed by atoms with Crippen molar-refractivity contribution in [3.8, 4) is 27.5 Å². The van der Waals surface area contributed by atoms with Gasteiger partial charge in [-0.2, -0.15) is 0 Å². The third kappa shape index (κ3) is 2.26. The van der Waals surface area contributed by atoms with Gasteiger partial charge in [-0.1, -0.05) is 28.9 Å². The van der Waals surface area contributed by atoms with Crippen molar-refractivity contribution in [2.75, 3.05) is 12.8 Å². The van der Waals surface area contributed by atoms with Gasteiger partial charge in [0.05, 0.1) is 21.9 Å². The van der Waals surface area contributed by atoms with Gasteiger partial charge in [-0.25, -0.2) is 0 Å². The van der Waals surface area contributed by atoms with Gasteiger partial charge in [-0.05, 0) is 29.8 Å². The van der Waals surface area contributed by atoms with Crippen LogP contribution in [0.2, 0.25) is 4.34 Å². The van der Waals surface area contributed by atoms with Crippen LogP contribution in [0.3, 0.4) is 0 Å². The maximum atomic E-state index is 5.97. The number of rotatable bonds is 3. The Morgan fingerprint density at radius 2 is 2.15 bits per heavy atom. The minimum atomic E-state index is 0.345. The number of anilines is 1. The van der Waals surface area contributed by atoms with Gasteiger partial charge >= 0.3 is 0 Å². The van der Waals surface area contributed by atoms with Crippen LogP contribution in [0.15, 0.2) is 40.9 Å². The van der Waals surface area contributed by atoms with E-state index in [1.54, 1.807) is 7.11 Å². The van der Waals surface area contributed by atoms with E-state index in [2.05, 4.69) is 5.16 Å². The standard InChI is InChI=1S/C14H11ClN2O2S/c1-18-9-4-2-3-8(7-9)12-13(19-17-14(12)16)10-5-6-11(15)20-10/h2-7H,1H3,(H2,16,17).